The molecule has 1 saturated carbocycles. The first-order valence-electron chi connectivity index (χ1n) is 9.04. The lowest BCUT2D eigenvalue weighted by atomic mass is 10.1. The third-order valence-electron chi connectivity index (χ3n) is 5.74. The molecule has 0 bridgehead atoms. The molecule has 3 aromatic heterocycles. The second-order valence-corrected chi connectivity index (χ2v) is 7.31. The summed E-state index contributed by atoms with van der Waals surface area (Å²) in [6, 6.07) is 10.6. The van der Waals surface area contributed by atoms with Crippen LogP contribution in [0.15, 0.2) is 42.9 Å². The fourth-order valence-electron chi connectivity index (χ4n) is 4.28. The summed E-state index contributed by atoms with van der Waals surface area (Å²) in [5.41, 5.74) is 5.19. The van der Waals surface area contributed by atoms with Gasteiger partial charge in [-0.05, 0) is 50.3 Å². The van der Waals surface area contributed by atoms with Gasteiger partial charge in [-0.2, -0.15) is 0 Å². The van der Waals surface area contributed by atoms with Crippen LogP contribution in [0.4, 0.5) is 0 Å². The molecule has 1 aliphatic carbocycles. The number of para-hydroxylation sites is 1. The van der Waals surface area contributed by atoms with Gasteiger partial charge in [0, 0.05) is 28.5 Å². The first kappa shape index (κ1) is 15.6. The molecule has 0 aliphatic heterocycles. The second-order valence-electron chi connectivity index (χ2n) is 7.31. The van der Waals surface area contributed by atoms with Crippen molar-refractivity contribution in [3.8, 4) is 11.4 Å². The van der Waals surface area contributed by atoms with Crippen LogP contribution in [0.3, 0.4) is 0 Å². The topological polar surface area (TPSA) is 66.7 Å². The van der Waals surface area contributed by atoms with Gasteiger partial charge in [0.2, 0.25) is 0 Å². The summed E-state index contributed by atoms with van der Waals surface area (Å²) < 4.78 is 2.17. The van der Waals surface area contributed by atoms with E-state index in [9.17, 15) is 5.11 Å². The summed E-state index contributed by atoms with van der Waals surface area (Å²) in [6.07, 6.45) is 4.95. The molecule has 0 unspecified atom stereocenters. The Labute approximate surface area is 151 Å². The van der Waals surface area contributed by atoms with E-state index in [0.717, 1.165) is 40.8 Å². The van der Waals surface area contributed by atoms with Crippen LogP contribution in [0.5, 0.6) is 0 Å². The van der Waals surface area contributed by atoms with Crippen molar-refractivity contribution in [3.05, 3.63) is 55.3 Å². The molecule has 3 heterocycles. The van der Waals surface area contributed by atoms with Crippen molar-refractivity contribution in [2.75, 3.05) is 0 Å². The fourth-order valence-corrected chi connectivity index (χ4v) is 4.28. The Bertz CT molecular complexity index is 1100. The number of nitrogens with one attached hydrogen (secondary N) is 1. The smallest absolute Gasteiger partial charge is 0.144 e. The summed E-state index contributed by atoms with van der Waals surface area (Å²) in [7, 11) is 0. The third-order valence-corrected chi connectivity index (χ3v) is 5.74. The lowest BCUT2D eigenvalue weighted by Gasteiger charge is -2.13. The van der Waals surface area contributed by atoms with E-state index >= 15 is 0 Å². The molecule has 5 nitrogen and oxygen atoms in total. The Morgan fingerprint density at radius 2 is 2.00 bits per heavy atom. The molecule has 5 rings (SSSR count). The minimum atomic E-state index is -0.338. The van der Waals surface area contributed by atoms with E-state index in [4.69, 9.17) is 0 Å². The van der Waals surface area contributed by atoms with Gasteiger partial charge >= 0.3 is 0 Å². The SMILES string of the molecule is [CH2][C@H]1C[C@@H](n2ccc3c(-c4[nH]c5ccccc5c4C)ncnc32)C[C@@H]1O. The number of aromatic nitrogens is 4. The maximum Gasteiger partial charge on any atom is 0.144 e. The van der Waals surface area contributed by atoms with E-state index < -0.39 is 0 Å². The van der Waals surface area contributed by atoms with E-state index in [-0.39, 0.29) is 18.1 Å². The van der Waals surface area contributed by atoms with Crippen LogP contribution in [-0.2, 0) is 0 Å². The summed E-state index contributed by atoms with van der Waals surface area (Å²) in [5, 5.41) is 12.3. The highest BCUT2D eigenvalue weighted by atomic mass is 16.3. The quantitative estimate of drug-likeness (QED) is 0.576. The molecular weight excluding hydrogens is 324 g/mol. The normalized spacial score (nSPS) is 23.3. The zero-order valence-electron chi connectivity index (χ0n) is 14.7. The maximum atomic E-state index is 10.1. The zero-order chi connectivity index (χ0) is 17.8. The van der Waals surface area contributed by atoms with E-state index in [1.807, 2.05) is 6.07 Å². The molecule has 131 valence electrons. The molecule has 4 aromatic rings. The van der Waals surface area contributed by atoms with Gasteiger partial charge in [0.15, 0.2) is 0 Å². The minimum Gasteiger partial charge on any atom is -0.393 e. The number of hydrogen-bond acceptors (Lipinski definition) is 3. The van der Waals surface area contributed by atoms with Gasteiger partial charge in [0.05, 0.1) is 17.5 Å². The zero-order valence-corrected chi connectivity index (χ0v) is 14.7. The number of aromatic amines is 1. The Morgan fingerprint density at radius 1 is 1.15 bits per heavy atom. The Hall–Kier alpha value is -2.66. The van der Waals surface area contributed by atoms with Crippen molar-refractivity contribution in [3.63, 3.8) is 0 Å². The number of rotatable bonds is 2. The van der Waals surface area contributed by atoms with Crippen LogP contribution >= 0.6 is 0 Å². The van der Waals surface area contributed by atoms with Gasteiger partial charge in [-0.15, -0.1) is 0 Å². The van der Waals surface area contributed by atoms with Gasteiger partial charge < -0.3 is 14.7 Å². The maximum absolute atomic E-state index is 10.1. The van der Waals surface area contributed by atoms with Crippen LogP contribution in [0, 0.1) is 19.8 Å². The molecule has 26 heavy (non-hydrogen) atoms. The van der Waals surface area contributed by atoms with Crippen molar-refractivity contribution < 1.29 is 5.11 Å². The van der Waals surface area contributed by atoms with Crippen molar-refractivity contribution in [1.82, 2.24) is 19.5 Å². The van der Waals surface area contributed by atoms with Crippen molar-refractivity contribution in [2.24, 2.45) is 5.92 Å². The van der Waals surface area contributed by atoms with Crippen LogP contribution < -0.4 is 0 Å². The van der Waals surface area contributed by atoms with Crippen LogP contribution in [-0.4, -0.2) is 30.7 Å². The molecule has 2 N–H and O–H groups in total. The largest absolute Gasteiger partial charge is 0.393 e. The van der Waals surface area contributed by atoms with E-state index in [1.54, 1.807) is 6.33 Å². The fraction of sp³-hybridized carbons (Fsp3) is 0.286. The van der Waals surface area contributed by atoms with Gasteiger partial charge in [0.1, 0.15) is 12.0 Å². The number of aryl methyl sites for hydroxylation is 1. The number of aliphatic hydroxyl groups is 1. The number of aliphatic hydroxyl groups excluding tert-OH is 1. The molecule has 3 atom stereocenters. The summed E-state index contributed by atoms with van der Waals surface area (Å²) in [4.78, 5) is 12.6. The monoisotopic (exact) mass is 345 g/mol. The molecule has 0 amide bonds. The van der Waals surface area contributed by atoms with Crippen LogP contribution in [0.25, 0.3) is 33.3 Å². The number of fused-ring (bicyclic) bond motifs is 2. The van der Waals surface area contributed by atoms with E-state index in [2.05, 4.69) is 63.8 Å². The lowest BCUT2D eigenvalue weighted by Crippen LogP contribution is -2.09. The van der Waals surface area contributed by atoms with Gasteiger partial charge in [-0.1, -0.05) is 18.2 Å². The molecule has 1 fully saturated rings. The first-order valence-corrected chi connectivity index (χ1v) is 9.04. The van der Waals surface area contributed by atoms with E-state index in [0.29, 0.717) is 0 Å². The highest BCUT2D eigenvalue weighted by Crippen LogP contribution is 2.38. The Morgan fingerprint density at radius 3 is 2.77 bits per heavy atom. The average Bonchev–Trinajstić information content (AvgIpc) is 3.31. The standard InChI is InChI=1S/C21H21N4O/c1-12-9-14(10-18(12)26)25-8-7-16-20(22-11-23-21(16)25)19-13(2)15-5-3-4-6-17(15)24-19/h3-8,11-12,14,18,24,26H,1,9-10H2,2H3/t12-,14+,18-/m0/s1. The van der Waals surface area contributed by atoms with Crippen LogP contribution in [0.1, 0.15) is 24.4 Å². The van der Waals surface area contributed by atoms with E-state index in [1.165, 1.54) is 10.9 Å². The number of hydrogen-bond donors (Lipinski definition) is 2. The molecule has 0 spiro atoms. The summed E-state index contributed by atoms with van der Waals surface area (Å²) >= 11 is 0. The van der Waals surface area contributed by atoms with Crippen molar-refractivity contribution >= 4 is 21.9 Å². The molecule has 1 aromatic carbocycles. The second kappa shape index (κ2) is 5.68. The van der Waals surface area contributed by atoms with Crippen molar-refractivity contribution in [2.45, 2.75) is 31.9 Å². The average molecular weight is 345 g/mol. The van der Waals surface area contributed by atoms with Gasteiger partial charge in [0.25, 0.3) is 0 Å². The number of benzene rings is 1. The van der Waals surface area contributed by atoms with Crippen LogP contribution in [0.2, 0.25) is 0 Å². The third kappa shape index (κ3) is 2.20. The lowest BCUT2D eigenvalue weighted by molar-refractivity contribution is 0.149. The molecule has 5 heteroatoms. The molecule has 0 saturated heterocycles. The molecule has 1 radical (unpaired) electrons. The number of nitrogens with zero attached hydrogens (tertiary/aromatic N) is 3. The molecule has 1 aliphatic rings. The summed E-state index contributed by atoms with van der Waals surface area (Å²) in [5.74, 6) is 0.0784. The first-order chi connectivity index (χ1) is 12.6. The molecular formula is C21H21N4O. The summed E-state index contributed by atoms with van der Waals surface area (Å²) in [6.45, 7) is 6.18. The predicted molar refractivity (Wildman–Crippen MR) is 103 cm³/mol. The van der Waals surface area contributed by atoms with Crippen molar-refractivity contribution in [1.29, 1.82) is 0 Å². The highest BCUT2D eigenvalue weighted by molar-refractivity contribution is 5.97. The Balaban J connectivity index is 1.67. The van der Waals surface area contributed by atoms with Gasteiger partial charge in [-0.3, -0.25) is 0 Å². The highest BCUT2D eigenvalue weighted by Gasteiger charge is 2.31. The Kier molecular flexibility index (Phi) is 3.40. The minimum absolute atomic E-state index is 0.0784. The number of H-pyrrole nitrogens is 1. The van der Waals surface area contributed by atoms with Gasteiger partial charge in [-0.25, -0.2) is 9.97 Å². The predicted octanol–water partition coefficient (Wildman–Crippen LogP) is 4.03.